The van der Waals surface area contributed by atoms with Crippen LogP contribution in [0.15, 0.2) is 53.6 Å². The molecule has 1 aliphatic heterocycles. The average Bonchev–Trinajstić information content (AvgIpc) is 2.94. The van der Waals surface area contributed by atoms with Crippen LogP contribution in [0.5, 0.6) is 11.5 Å². The highest BCUT2D eigenvalue weighted by Gasteiger charge is 2.41. The van der Waals surface area contributed by atoms with Gasteiger partial charge >= 0.3 is 5.97 Å². The van der Waals surface area contributed by atoms with Crippen LogP contribution in [-0.2, 0) is 4.79 Å². The Kier molecular flexibility index (Phi) is 9.76. The quantitative estimate of drug-likeness (QED) is 0.204. The molecule has 1 aliphatic rings. The molecule has 0 spiro atoms. The number of piperidine rings is 1. The summed E-state index contributed by atoms with van der Waals surface area (Å²) in [4.78, 5) is 20.3. The zero-order chi connectivity index (χ0) is 27.1. The molecule has 0 amide bonds. The number of pyridine rings is 1. The standard InChI is InChI=1S/C29H35ClN2O5S/c1-36-20-4-7-22(8-5-20)38-17-3-14-32-15-12-29(13-16-32,28(34)35)11-10-26(33)27-23-18-21(37-2)6-9-25(23)31-19-24(27)30/h4-9,18-19,26,33H,3,10-17H2,1-2H3,(H,34,35)/t26-/m0/s1. The van der Waals surface area contributed by atoms with Crippen LogP contribution in [0.4, 0.5) is 0 Å². The predicted molar refractivity (Wildman–Crippen MR) is 152 cm³/mol. The van der Waals surface area contributed by atoms with Crippen molar-refractivity contribution in [1.29, 1.82) is 0 Å². The lowest BCUT2D eigenvalue weighted by Crippen LogP contribution is -2.44. The van der Waals surface area contributed by atoms with Gasteiger partial charge in [-0.2, -0.15) is 0 Å². The fourth-order valence-corrected chi connectivity index (χ4v) is 6.23. The van der Waals surface area contributed by atoms with Crippen LogP contribution >= 0.6 is 23.4 Å². The van der Waals surface area contributed by atoms with E-state index in [4.69, 9.17) is 21.1 Å². The number of methoxy groups -OCH3 is 2. The summed E-state index contributed by atoms with van der Waals surface area (Å²) in [5.41, 5.74) is 0.432. The summed E-state index contributed by atoms with van der Waals surface area (Å²) in [5.74, 6) is 1.72. The van der Waals surface area contributed by atoms with E-state index < -0.39 is 17.5 Å². The van der Waals surface area contributed by atoms with Gasteiger partial charge in [-0.15, -0.1) is 11.8 Å². The van der Waals surface area contributed by atoms with Crippen molar-refractivity contribution < 1.29 is 24.5 Å². The summed E-state index contributed by atoms with van der Waals surface area (Å²) in [6.45, 7) is 2.43. The van der Waals surface area contributed by atoms with Crippen LogP contribution in [0.3, 0.4) is 0 Å². The number of thioether (sulfide) groups is 1. The van der Waals surface area contributed by atoms with Gasteiger partial charge in [0.2, 0.25) is 0 Å². The first-order valence-corrected chi connectivity index (χ1v) is 14.2. The molecule has 0 unspecified atom stereocenters. The zero-order valence-electron chi connectivity index (χ0n) is 21.9. The summed E-state index contributed by atoms with van der Waals surface area (Å²) in [6.07, 6.45) is 3.50. The lowest BCUT2D eigenvalue weighted by atomic mass is 9.74. The van der Waals surface area contributed by atoms with Crippen LogP contribution < -0.4 is 9.47 Å². The highest BCUT2D eigenvalue weighted by atomic mass is 35.5. The van der Waals surface area contributed by atoms with Gasteiger partial charge in [0.05, 0.1) is 36.3 Å². The van der Waals surface area contributed by atoms with Gasteiger partial charge in [-0.05, 0) is 100.0 Å². The lowest BCUT2D eigenvalue weighted by Gasteiger charge is -2.39. The number of rotatable bonds is 12. The summed E-state index contributed by atoms with van der Waals surface area (Å²) < 4.78 is 10.5. The van der Waals surface area contributed by atoms with Crippen LogP contribution in [0.1, 0.15) is 43.8 Å². The minimum absolute atomic E-state index is 0.306. The molecule has 1 fully saturated rings. The predicted octanol–water partition coefficient (Wildman–Crippen LogP) is 6.07. The normalized spacial score (nSPS) is 16.3. The van der Waals surface area contributed by atoms with E-state index in [0.29, 0.717) is 47.5 Å². The number of aromatic nitrogens is 1. The van der Waals surface area contributed by atoms with Gasteiger partial charge in [0.15, 0.2) is 0 Å². The molecule has 1 saturated heterocycles. The molecule has 204 valence electrons. The van der Waals surface area contributed by atoms with Gasteiger partial charge < -0.3 is 24.6 Å². The van der Waals surface area contributed by atoms with Gasteiger partial charge in [-0.1, -0.05) is 11.6 Å². The van der Waals surface area contributed by atoms with Crippen molar-refractivity contribution in [3.63, 3.8) is 0 Å². The molecule has 1 aromatic heterocycles. The molecule has 0 aliphatic carbocycles. The summed E-state index contributed by atoms with van der Waals surface area (Å²) in [7, 11) is 3.25. The first-order chi connectivity index (χ1) is 18.3. The Balaban J connectivity index is 1.31. The van der Waals surface area contributed by atoms with Crippen LogP contribution in [0, 0.1) is 5.41 Å². The smallest absolute Gasteiger partial charge is 0.309 e. The van der Waals surface area contributed by atoms with Crippen molar-refractivity contribution in [2.45, 2.75) is 43.1 Å². The second kappa shape index (κ2) is 13.0. The molecule has 0 saturated carbocycles. The van der Waals surface area contributed by atoms with E-state index in [2.05, 4.69) is 22.0 Å². The number of carboxylic acids is 1. The van der Waals surface area contributed by atoms with E-state index >= 15 is 0 Å². The highest BCUT2D eigenvalue weighted by molar-refractivity contribution is 7.99. The Morgan fingerprint density at radius 2 is 1.82 bits per heavy atom. The number of nitrogens with zero attached hydrogens (tertiary/aromatic N) is 2. The molecule has 38 heavy (non-hydrogen) atoms. The zero-order valence-corrected chi connectivity index (χ0v) is 23.4. The lowest BCUT2D eigenvalue weighted by molar-refractivity contribution is -0.153. The largest absolute Gasteiger partial charge is 0.497 e. The number of carbonyl (C=O) groups is 1. The number of hydrogen-bond donors (Lipinski definition) is 2. The Bertz CT molecular complexity index is 1230. The summed E-state index contributed by atoms with van der Waals surface area (Å²) in [5, 5.41) is 22.4. The van der Waals surface area contributed by atoms with E-state index in [9.17, 15) is 15.0 Å². The molecule has 4 rings (SSSR count). The molecule has 2 heterocycles. The maximum absolute atomic E-state index is 12.4. The van der Waals surface area contributed by atoms with Crippen molar-refractivity contribution >= 4 is 40.2 Å². The third-order valence-electron chi connectivity index (χ3n) is 7.51. The summed E-state index contributed by atoms with van der Waals surface area (Å²) in [6, 6.07) is 13.5. The number of benzene rings is 2. The van der Waals surface area contributed by atoms with Gasteiger partial charge in [-0.3, -0.25) is 9.78 Å². The minimum atomic E-state index is -0.899. The van der Waals surface area contributed by atoms with E-state index in [1.165, 1.54) is 11.1 Å². The van der Waals surface area contributed by atoms with Crippen LogP contribution in [0.2, 0.25) is 5.02 Å². The molecule has 3 aromatic rings. The van der Waals surface area contributed by atoms with E-state index in [-0.39, 0.29) is 0 Å². The number of hydrogen-bond acceptors (Lipinski definition) is 7. The molecule has 2 aromatic carbocycles. The first-order valence-electron chi connectivity index (χ1n) is 12.9. The van der Waals surface area contributed by atoms with Crippen molar-refractivity contribution in [3.05, 3.63) is 59.2 Å². The third kappa shape index (κ3) is 6.72. The average molecular weight is 559 g/mol. The minimum Gasteiger partial charge on any atom is -0.497 e. The van der Waals surface area contributed by atoms with Gasteiger partial charge in [0.25, 0.3) is 0 Å². The summed E-state index contributed by atoms with van der Waals surface area (Å²) >= 11 is 8.27. The maximum atomic E-state index is 12.4. The first kappa shape index (κ1) is 28.5. The molecule has 9 heteroatoms. The number of halogens is 1. The SMILES string of the molecule is COc1ccc(SCCCN2CCC(CC[C@H](O)c3c(Cl)cnc4ccc(OC)cc34)(C(=O)O)CC2)cc1. The van der Waals surface area contributed by atoms with Crippen molar-refractivity contribution in [1.82, 2.24) is 9.88 Å². The Morgan fingerprint density at radius 3 is 2.47 bits per heavy atom. The van der Waals surface area contributed by atoms with Gasteiger partial charge in [-0.25, -0.2) is 0 Å². The van der Waals surface area contributed by atoms with E-state index in [1.54, 1.807) is 14.2 Å². The maximum Gasteiger partial charge on any atom is 0.309 e. The van der Waals surface area contributed by atoms with Gasteiger partial charge in [0.1, 0.15) is 11.5 Å². The number of aliphatic carboxylic acids is 1. The highest BCUT2D eigenvalue weighted by Crippen LogP contribution is 2.41. The number of likely N-dealkylation sites (tertiary alicyclic amines) is 1. The monoisotopic (exact) mass is 558 g/mol. The molecule has 1 atom stereocenters. The number of aliphatic hydroxyl groups is 1. The number of carboxylic acid groups (broad SMARTS) is 1. The molecular formula is C29H35ClN2O5S. The molecule has 2 N–H and O–H groups in total. The third-order valence-corrected chi connectivity index (χ3v) is 8.91. The van der Waals surface area contributed by atoms with Crippen molar-refractivity contribution in [2.75, 3.05) is 39.6 Å². The van der Waals surface area contributed by atoms with E-state index in [0.717, 1.165) is 42.9 Å². The molecule has 0 radical (unpaired) electrons. The molecule has 7 nitrogen and oxygen atoms in total. The number of fused-ring (bicyclic) bond motifs is 1. The second-order valence-corrected chi connectivity index (χ2v) is 11.3. The second-order valence-electron chi connectivity index (χ2n) is 9.76. The Labute approximate surface area is 233 Å². The molecular weight excluding hydrogens is 524 g/mol. The number of ether oxygens (including phenoxy) is 2. The Hall–Kier alpha value is -2.52. The topological polar surface area (TPSA) is 92.1 Å². The Morgan fingerprint density at radius 1 is 1.13 bits per heavy atom. The van der Waals surface area contributed by atoms with Crippen LogP contribution in [0.25, 0.3) is 10.9 Å². The molecule has 0 bridgehead atoms. The van der Waals surface area contributed by atoms with Crippen molar-refractivity contribution in [3.8, 4) is 11.5 Å². The van der Waals surface area contributed by atoms with E-state index in [1.807, 2.05) is 42.1 Å². The van der Waals surface area contributed by atoms with Gasteiger partial charge in [0, 0.05) is 22.0 Å². The van der Waals surface area contributed by atoms with Crippen molar-refractivity contribution in [2.24, 2.45) is 5.41 Å². The van der Waals surface area contributed by atoms with Crippen LogP contribution in [-0.4, -0.2) is 65.7 Å². The number of aliphatic hydroxyl groups excluding tert-OH is 1. The fourth-order valence-electron chi connectivity index (χ4n) is 5.12. The fraction of sp³-hybridized carbons (Fsp3) is 0.448.